The minimum Gasteiger partial charge on any atom is -0.326 e. The summed E-state index contributed by atoms with van der Waals surface area (Å²) in [6.07, 6.45) is 1.21. The molecule has 1 aromatic carbocycles. The number of benzene rings is 1. The van der Waals surface area contributed by atoms with Gasteiger partial charge < -0.3 is 5.73 Å². The van der Waals surface area contributed by atoms with E-state index in [-0.39, 0.29) is 5.41 Å². The fourth-order valence-electron chi connectivity index (χ4n) is 2.42. The molecule has 2 N–H and O–H groups in total. The maximum atomic E-state index is 5.66. The van der Waals surface area contributed by atoms with Gasteiger partial charge in [0.1, 0.15) is 0 Å². The minimum absolute atomic E-state index is 0.289. The summed E-state index contributed by atoms with van der Waals surface area (Å²) in [5, 5.41) is 0. The molecular formula is C17H29N. The van der Waals surface area contributed by atoms with Crippen LogP contribution in [-0.4, -0.2) is 0 Å². The van der Waals surface area contributed by atoms with Crippen molar-refractivity contribution in [1.29, 1.82) is 0 Å². The van der Waals surface area contributed by atoms with E-state index in [0.29, 0.717) is 17.9 Å². The van der Waals surface area contributed by atoms with Crippen LogP contribution < -0.4 is 5.73 Å². The molecule has 18 heavy (non-hydrogen) atoms. The largest absolute Gasteiger partial charge is 0.326 e. The minimum atomic E-state index is 0.289. The summed E-state index contributed by atoms with van der Waals surface area (Å²) in [7, 11) is 0. The molecule has 1 unspecified atom stereocenters. The first kappa shape index (κ1) is 15.2. The normalized spacial score (nSPS) is 14.6. The molecule has 0 spiro atoms. The third-order valence-corrected chi connectivity index (χ3v) is 3.48. The second-order valence-corrected chi connectivity index (χ2v) is 7.63. The summed E-state index contributed by atoms with van der Waals surface area (Å²) in [6.45, 7) is 14.6. The van der Waals surface area contributed by atoms with Crippen molar-refractivity contribution in [2.45, 2.75) is 60.4 Å². The van der Waals surface area contributed by atoms with Gasteiger partial charge in [-0.05, 0) is 34.3 Å². The van der Waals surface area contributed by atoms with Crippen LogP contribution in [-0.2, 0) is 6.54 Å². The second kappa shape index (κ2) is 5.44. The highest BCUT2D eigenvalue weighted by Crippen LogP contribution is 2.42. The Bertz CT molecular complexity index is 362. The van der Waals surface area contributed by atoms with Crippen molar-refractivity contribution >= 4 is 0 Å². The Labute approximate surface area is 113 Å². The average molecular weight is 247 g/mol. The third kappa shape index (κ3) is 4.45. The van der Waals surface area contributed by atoms with Crippen LogP contribution in [0.3, 0.4) is 0 Å². The molecule has 0 aliphatic heterocycles. The molecule has 0 aliphatic carbocycles. The molecule has 1 rings (SSSR count). The van der Waals surface area contributed by atoms with Crippen molar-refractivity contribution in [3.05, 3.63) is 35.4 Å². The highest BCUT2D eigenvalue weighted by molar-refractivity contribution is 5.26. The molecule has 0 amide bonds. The number of nitrogens with two attached hydrogens (primary N) is 1. The highest BCUT2D eigenvalue weighted by atomic mass is 14.5. The van der Waals surface area contributed by atoms with E-state index in [0.717, 1.165) is 0 Å². The Morgan fingerprint density at radius 1 is 0.944 bits per heavy atom. The van der Waals surface area contributed by atoms with Gasteiger partial charge in [-0.3, -0.25) is 0 Å². The zero-order chi connectivity index (χ0) is 14.0. The Kier molecular flexibility index (Phi) is 4.61. The molecule has 0 fully saturated rings. The molecule has 1 aromatic rings. The SMILES string of the molecule is CC(C)(C)CC(c1ccc(CN)cc1)C(C)(C)C. The van der Waals surface area contributed by atoms with Crippen LogP contribution in [0.5, 0.6) is 0 Å². The molecule has 0 aromatic heterocycles. The number of hydrogen-bond acceptors (Lipinski definition) is 1. The van der Waals surface area contributed by atoms with Crippen LogP contribution in [0.15, 0.2) is 24.3 Å². The molecule has 0 saturated heterocycles. The predicted molar refractivity (Wildman–Crippen MR) is 80.6 cm³/mol. The molecule has 0 bridgehead atoms. The van der Waals surface area contributed by atoms with Gasteiger partial charge in [0.05, 0.1) is 0 Å². The van der Waals surface area contributed by atoms with Crippen LogP contribution >= 0.6 is 0 Å². The average Bonchev–Trinajstić information content (AvgIpc) is 2.24. The number of rotatable bonds is 3. The van der Waals surface area contributed by atoms with Crippen molar-refractivity contribution in [2.75, 3.05) is 0 Å². The van der Waals surface area contributed by atoms with Crippen LogP contribution in [0.2, 0.25) is 0 Å². The van der Waals surface area contributed by atoms with Crippen LogP contribution in [0, 0.1) is 10.8 Å². The van der Waals surface area contributed by atoms with Gasteiger partial charge in [-0.25, -0.2) is 0 Å². The first-order chi connectivity index (χ1) is 8.13. The quantitative estimate of drug-likeness (QED) is 0.822. The molecule has 0 heterocycles. The van der Waals surface area contributed by atoms with Crippen molar-refractivity contribution in [3.63, 3.8) is 0 Å². The van der Waals surface area contributed by atoms with Crippen LogP contribution in [0.25, 0.3) is 0 Å². The first-order valence-corrected chi connectivity index (χ1v) is 6.92. The van der Waals surface area contributed by atoms with Gasteiger partial charge >= 0.3 is 0 Å². The standard InChI is InChI=1S/C17H29N/c1-16(2,3)11-15(17(4,5)6)14-9-7-13(12-18)8-10-14/h7-10,15H,11-12,18H2,1-6H3. The lowest BCUT2D eigenvalue weighted by Crippen LogP contribution is -2.23. The van der Waals surface area contributed by atoms with E-state index in [1.54, 1.807) is 0 Å². The predicted octanol–water partition coefficient (Wildman–Crippen LogP) is 4.71. The van der Waals surface area contributed by atoms with Gasteiger partial charge in [0.15, 0.2) is 0 Å². The zero-order valence-electron chi connectivity index (χ0n) is 12.9. The summed E-state index contributed by atoms with van der Waals surface area (Å²) in [5.41, 5.74) is 8.95. The topological polar surface area (TPSA) is 26.0 Å². The lowest BCUT2D eigenvalue weighted by Gasteiger charge is -2.36. The Morgan fingerprint density at radius 3 is 1.78 bits per heavy atom. The van der Waals surface area contributed by atoms with Gasteiger partial charge in [-0.2, -0.15) is 0 Å². The smallest absolute Gasteiger partial charge is 0.0178 e. The molecule has 1 atom stereocenters. The fourth-order valence-corrected chi connectivity index (χ4v) is 2.42. The maximum absolute atomic E-state index is 5.66. The second-order valence-electron chi connectivity index (χ2n) is 7.63. The Balaban J connectivity index is 3.02. The first-order valence-electron chi connectivity index (χ1n) is 6.92. The summed E-state index contributed by atoms with van der Waals surface area (Å²) < 4.78 is 0. The summed E-state index contributed by atoms with van der Waals surface area (Å²) in [6, 6.07) is 8.83. The Morgan fingerprint density at radius 2 is 1.44 bits per heavy atom. The van der Waals surface area contributed by atoms with Gasteiger partial charge in [0, 0.05) is 6.54 Å². The van der Waals surface area contributed by atoms with Crippen molar-refractivity contribution in [3.8, 4) is 0 Å². The van der Waals surface area contributed by atoms with E-state index < -0.39 is 0 Å². The van der Waals surface area contributed by atoms with E-state index in [1.165, 1.54) is 17.5 Å². The van der Waals surface area contributed by atoms with Crippen LogP contribution in [0.1, 0.15) is 65.0 Å². The summed E-state index contributed by atoms with van der Waals surface area (Å²) >= 11 is 0. The Hall–Kier alpha value is -0.820. The zero-order valence-corrected chi connectivity index (χ0v) is 12.9. The molecule has 1 nitrogen and oxygen atoms in total. The third-order valence-electron chi connectivity index (χ3n) is 3.48. The molecule has 102 valence electrons. The molecule has 0 radical (unpaired) electrons. The molecule has 1 heteroatoms. The number of hydrogen-bond donors (Lipinski definition) is 1. The van der Waals surface area contributed by atoms with E-state index in [4.69, 9.17) is 5.73 Å². The summed E-state index contributed by atoms with van der Waals surface area (Å²) in [4.78, 5) is 0. The van der Waals surface area contributed by atoms with E-state index >= 15 is 0 Å². The lowest BCUT2D eigenvalue weighted by atomic mass is 9.69. The van der Waals surface area contributed by atoms with Gasteiger partial charge in [-0.1, -0.05) is 65.8 Å². The molecule has 0 aliphatic rings. The van der Waals surface area contributed by atoms with Crippen LogP contribution in [0.4, 0.5) is 0 Å². The summed E-state index contributed by atoms with van der Waals surface area (Å²) in [5.74, 6) is 0.587. The fraction of sp³-hybridized carbons (Fsp3) is 0.647. The highest BCUT2D eigenvalue weighted by Gasteiger charge is 2.30. The van der Waals surface area contributed by atoms with Crippen molar-refractivity contribution in [1.82, 2.24) is 0 Å². The maximum Gasteiger partial charge on any atom is 0.0178 e. The van der Waals surface area contributed by atoms with Crippen molar-refractivity contribution < 1.29 is 0 Å². The van der Waals surface area contributed by atoms with E-state index in [2.05, 4.69) is 65.8 Å². The van der Waals surface area contributed by atoms with E-state index in [1.807, 2.05) is 0 Å². The van der Waals surface area contributed by atoms with Gasteiger partial charge in [0.2, 0.25) is 0 Å². The molecule has 0 saturated carbocycles. The van der Waals surface area contributed by atoms with Crippen molar-refractivity contribution in [2.24, 2.45) is 16.6 Å². The molecular weight excluding hydrogens is 218 g/mol. The lowest BCUT2D eigenvalue weighted by molar-refractivity contribution is 0.229. The van der Waals surface area contributed by atoms with E-state index in [9.17, 15) is 0 Å². The monoisotopic (exact) mass is 247 g/mol. The van der Waals surface area contributed by atoms with Gasteiger partial charge in [-0.15, -0.1) is 0 Å². The van der Waals surface area contributed by atoms with Gasteiger partial charge in [0.25, 0.3) is 0 Å².